The second-order valence-electron chi connectivity index (χ2n) is 6.56. The number of aliphatic hydroxyl groups is 1. The summed E-state index contributed by atoms with van der Waals surface area (Å²) in [5.74, 6) is -0.0107. The number of aromatic nitrogens is 2. The van der Waals surface area contributed by atoms with Gasteiger partial charge < -0.3 is 14.7 Å². The van der Waals surface area contributed by atoms with E-state index in [-0.39, 0.29) is 24.9 Å². The Bertz CT molecular complexity index is 749. The van der Waals surface area contributed by atoms with E-state index in [9.17, 15) is 14.3 Å². The van der Waals surface area contributed by atoms with E-state index in [1.54, 1.807) is 27.9 Å². The largest absolute Gasteiger partial charge is 0.490 e. The quantitative estimate of drug-likeness (QED) is 0.861. The van der Waals surface area contributed by atoms with E-state index >= 15 is 0 Å². The van der Waals surface area contributed by atoms with Crippen LogP contribution in [0.1, 0.15) is 18.4 Å². The van der Waals surface area contributed by atoms with Crippen LogP contribution in [0.3, 0.4) is 0 Å². The zero-order valence-electron chi connectivity index (χ0n) is 14.2. The fourth-order valence-corrected chi connectivity index (χ4v) is 2.97. The first-order valence-electron chi connectivity index (χ1n) is 8.30. The van der Waals surface area contributed by atoms with E-state index in [1.165, 1.54) is 12.1 Å². The molecule has 7 heteroatoms. The van der Waals surface area contributed by atoms with Gasteiger partial charge >= 0.3 is 0 Å². The second kappa shape index (κ2) is 7.23. The van der Waals surface area contributed by atoms with Gasteiger partial charge in [-0.25, -0.2) is 4.39 Å². The lowest BCUT2D eigenvalue weighted by atomic mass is 10.1. The first kappa shape index (κ1) is 17.4. The molecule has 1 aromatic carbocycles. The standard InChI is InChI=1S/C18H22FN3O3/c1-21-11-14(10-20-21)5-6-17(23)22-8-7-18(24,12-22)13-25-16-4-2-3-15(19)9-16/h2-4,9-11,24H,5-8,12-13H2,1H3/t18-/m1/s1. The molecule has 1 amide bonds. The normalized spacial score (nSPS) is 20.0. The van der Waals surface area contributed by atoms with E-state index in [4.69, 9.17) is 4.74 Å². The van der Waals surface area contributed by atoms with Crippen molar-refractivity contribution in [1.82, 2.24) is 14.7 Å². The van der Waals surface area contributed by atoms with Gasteiger partial charge in [0.15, 0.2) is 0 Å². The average Bonchev–Trinajstić information content (AvgIpc) is 3.18. The third-order valence-electron chi connectivity index (χ3n) is 4.37. The molecule has 1 aromatic heterocycles. The smallest absolute Gasteiger partial charge is 0.223 e. The summed E-state index contributed by atoms with van der Waals surface area (Å²) in [6, 6.07) is 5.80. The number of rotatable bonds is 6. The number of halogens is 1. The highest BCUT2D eigenvalue weighted by Crippen LogP contribution is 2.24. The summed E-state index contributed by atoms with van der Waals surface area (Å²) in [6.07, 6.45) is 5.09. The third kappa shape index (κ3) is 4.57. The molecule has 1 aliphatic heterocycles. The van der Waals surface area contributed by atoms with Crippen LogP contribution in [0.4, 0.5) is 4.39 Å². The molecule has 2 heterocycles. The number of β-amino-alcohol motifs (C(OH)–C–C–N with tert-alkyl or cyclic N) is 1. The number of carbonyl (C=O) groups excluding carboxylic acids is 1. The van der Waals surface area contributed by atoms with Crippen LogP contribution < -0.4 is 4.74 Å². The lowest BCUT2D eigenvalue weighted by Gasteiger charge is -2.23. The molecule has 0 saturated carbocycles. The van der Waals surface area contributed by atoms with Gasteiger partial charge in [-0.2, -0.15) is 5.10 Å². The molecule has 3 rings (SSSR count). The molecular weight excluding hydrogens is 325 g/mol. The van der Waals surface area contributed by atoms with E-state index in [0.717, 1.165) is 5.56 Å². The van der Waals surface area contributed by atoms with Gasteiger partial charge in [0.25, 0.3) is 0 Å². The molecule has 1 N–H and O–H groups in total. The van der Waals surface area contributed by atoms with Crippen LogP contribution in [0.15, 0.2) is 36.7 Å². The van der Waals surface area contributed by atoms with Crippen molar-refractivity contribution in [3.05, 3.63) is 48.0 Å². The summed E-state index contributed by atoms with van der Waals surface area (Å²) < 4.78 is 20.4. The average molecular weight is 347 g/mol. The number of aryl methyl sites for hydroxylation is 2. The maximum Gasteiger partial charge on any atom is 0.223 e. The van der Waals surface area contributed by atoms with Crippen molar-refractivity contribution >= 4 is 5.91 Å². The van der Waals surface area contributed by atoms with Crippen LogP contribution in [0.2, 0.25) is 0 Å². The maximum atomic E-state index is 13.2. The summed E-state index contributed by atoms with van der Waals surface area (Å²) in [6.45, 7) is 0.756. The van der Waals surface area contributed by atoms with Gasteiger partial charge in [-0.05, 0) is 30.5 Å². The highest BCUT2D eigenvalue weighted by molar-refractivity contribution is 5.76. The summed E-state index contributed by atoms with van der Waals surface area (Å²) in [7, 11) is 1.84. The molecule has 0 aliphatic carbocycles. The van der Waals surface area contributed by atoms with Crippen LogP contribution in [-0.2, 0) is 18.3 Å². The van der Waals surface area contributed by atoms with E-state index in [0.29, 0.717) is 31.6 Å². The highest BCUT2D eigenvalue weighted by Gasteiger charge is 2.38. The van der Waals surface area contributed by atoms with Crippen molar-refractivity contribution in [2.45, 2.75) is 24.9 Å². The molecule has 1 fully saturated rings. The first-order chi connectivity index (χ1) is 11.9. The van der Waals surface area contributed by atoms with Crippen molar-refractivity contribution in [3.63, 3.8) is 0 Å². The van der Waals surface area contributed by atoms with Gasteiger partial charge in [0, 0.05) is 32.3 Å². The van der Waals surface area contributed by atoms with Gasteiger partial charge in [0.2, 0.25) is 5.91 Å². The van der Waals surface area contributed by atoms with Crippen molar-refractivity contribution in [2.24, 2.45) is 7.05 Å². The van der Waals surface area contributed by atoms with Crippen molar-refractivity contribution in [1.29, 1.82) is 0 Å². The Morgan fingerprint density at radius 1 is 1.48 bits per heavy atom. The topological polar surface area (TPSA) is 67.6 Å². The first-order valence-corrected chi connectivity index (χ1v) is 8.30. The lowest BCUT2D eigenvalue weighted by molar-refractivity contribution is -0.131. The van der Waals surface area contributed by atoms with Crippen LogP contribution in [0.5, 0.6) is 5.75 Å². The fourth-order valence-electron chi connectivity index (χ4n) is 2.97. The Kier molecular flexibility index (Phi) is 5.03. The molecule has 0 bridgehead atoms. The van der Waals surface area contributed by atoms with Crippen molar-refractivity contribution in [3.8, 4) is 5.75 Å². The van der Waals surface area contributed by atoms with E-state index in [2.05, 4.69) is 5.10 Å². The molecule has 0 radical (unpaired) electrons. The highest BCUT2D eigenvalue weighted by atomic mass is 19.1. The monoisotopic (exact) mass is 347 g/mol. The van der Waals surface area contributed by atoms with E-state index < -0.39 is 5.60 Å². The molecule has 0 spiro atoms. The Morgan fingerprint density at radius 3 is 3.04 bits per heavy atom. The van der Waals surface area contributed by atoms with Crippen LogP contribution in [0.25, 0.3) is 0 Å². The van der Waals surface area contributed by atoms with Gasteiger partial charge in [0.1, 0.15) is 23.8 Å². The molecule has 1 saturated heterocycles. The number of carbonyl (C=O) groups is 1. The number of ether oxygens (including phenoxy) is 1. The minimum absolute atomic E-state index is 0.00512. The van der Waals surface area contributed by atoms with Gasteiger partial charge in [-0.15, -0.1) is 0 Å². The Balaban J connectivity index is 1.48. The Labute approximate surface area is 145 Å². The second-order valence-corrected chi connectivity index (χ2v) is 6.56. The van der Waals surface area contributed by atoms with E-state index in [1.807, 2.05) is 13.2 Å². The van der Waals surface area contributed by atoms with Gasteiger partial charge in [0.05, 0.1) is 12.7 Å². The molecular formula is C18H22FN3O3. The van der Waals surface area contributed by atoms with Crippen molar-refractivity contribution in [2.75, 3.05) is 19.7 Å². The van der Waals surface area contributed by atoms with Crippen LogP contribution in [-0.4, -0.2) is 51.0 Å². The summed E-state index contributed by atoms with van der Waals surface area (Å²) in [5, 5.41) is 14.7. The zero-order valence-corrected chi connectivity index (χ0v) is 14.2. The molecule has 25 heavy (non-hydrogen) atoms. The Morgan fingerprint density at radius 2 is 2.32 bits per heavy atom. The number of benzene rings is 1. The SMILES string of the molecule is Cn1cc(CCC(=O)N2CC[C@](O)(COc3cccc(F)c3)C2)cn1. The summed E-state index contributed by atoms with van der Waals surface area (Å²) in [5.41, 5.74) is -0.0873. The van der Waals surface area contributed by atoms with Crippen LogP contribution >= 0.6 is 0 Å². The summed E-state index contributed by atoms with van der Waals surface area (Å²) in [4.78, 5) is 14.0. The lowest BCUT2D eigenvalue weighted by Crippen LogP contribution is -2.40. The minimum Gasteiger partial charge on any atom is -0.490 e. The molecule has 6 nitrogen and oxygen atoms in total. The number of nitrogens with zero attached hydrogens (tertiary/aromatic N) is 3. The van der Waals surface area contributed by atoms with Crippen LogP contribution in [0, 0.1) is 5.82 Å². The number of amides is 1. The molecule has 1 aliphatic rings. The van der Waals surface area contributed by atoms with Gasteiger partial charge in [-0.3, -0.25) is 9.48 Å². The predicted molar refractivity (Wildman–Crippen MR) is 89.6 cm³/mol. The molecule has 134 valence electrons. The third-order valence-corrected chi connectivity index (χ3v) is 4.37. The maximum absolute atomic E-state index is 13.2. The number of likely N-dealkylation sites (tertiary alicyclic amines) is 1. The number of hydrogen-bond donors (Lipinski definition) is 1. The molecule has 2 aromatic rings. The number of hydrogen-bond acceptors (Lipinski definition) is 4. The molecule has 0 unspecified atom stereocenters. The predicted octanol–water partition coefficient (Wildman–Crippen LogP) is 1.53. The Hall–Kier alpha value is -2.41. The fraction of sp³-hybridized carbons (Fsp3) is 0.444. The van der Waals surface area contributed by atoms with Gasteiger partial charge in [-0.1, -0.05) is 6.07 Å². The molecule has 1 atom stereocenters. The zero-order chi connectivity index (χ0) is 17.9. The van der Waals surface area contributed by atoms with Crippen molar-refractivity contribution < 1.29 is 19.0 Å². The minimum atomic E-state index is -1.10. The summed E-state index contributed by atoms with van der Waals surface area (Å²) >= 11 is 0.